The number of anilines is 4. The number of carbonyl (C=O) groups is 2. The van der Waals surface area contributed by atoms with E-state index in [0.717, 1.165) is 30.0 Å². The van der Waals surface area contributed by atoms with Gasteiger partial charge in [-0.1, -0.05) is 24.3 Å². The second-order valence-corrected chi connectivity index (χ2v) is 9.06. The molecule has 1 aromatic heterocycles. The molecule has 2 heterocycles. The molecule has 0 aliphatic carbocycles. The van der Waals surface area contributed by atoms with Crippen LogP contribution in [0.2, 0.25) is 0 Å². The van der Waals surface area contributed by atoms with Crippen molar-refractivity contribution in [3.8, 4) is 11.4 Å². The number of aromatic nitrogens is 2. The molecule has 1 aliphatic heterocycles. The Balaban J connectivity index is 1.25. The van der Waals surface area contributed by atoms with Crippen LogP contribution < -0.4 is 25.6 Å². The van der Waals surface area contributed by atoms with Gasteiger partial charge < -0.3 is 30.3 Å². The molecular weight excluding hydrogens is 496 g/mol. The smallest absolute Gasteiger partial charge is 0.323 e. The summed E-state index contributed by atoms with van der Waals surface area (Å²) >= 11 is 0. The van der Waals surface area contributed by atoms with Gasteiger partial charge in [0.25, 0.3) is 5.91 Å². The van der Waals surface area contributed by atoms with Gasteiger partial charge in [0, 0.05) is 36.1 Å². The Morgan fingerprint density at radius 2 is 1.74 bits per heavy atom. The lowest BCUT2D eigenvalue weighted by atomic mass is 10.1. The van der Waals surface area contributed by atoms with Crippen LogP contribution in [0.3, 0.4) is 0 Å². The molecule has 0 spiro atoms. The summed E-state index contributed by atoms with van der Waals surface area (Å²) in [5.74, 6) is 0.424. The number of nitrogens with zero attached hydrogens (tertiary/aromatic N) is 3. The van der Waals surface area contributed by atoms with E-state index in [2.05, 4.69) is 25.9 Å². The molecule has 0 bridgehead atoms. The normalized spacial score (nSPS) is 13.0. The van der Waals surface area contributed by atoms with Gasteiger partial charge in [0.1, 0.15) is 5.75 Å². The van der Waals surface area contributed by atoms with Crippen LogP contribution in [0.15, 0.2) is 79.1 Å². The predicted molar refractivity (Wildman–Crippen MR) is 151 cm³/mol. The second-order valence-electron chi connectivity index (χ2n) is 9.06. The van der Waals surface area contributed by atoms with Crippen molar-refractivity contribution in [2.24, 2.45) is 0 Å². The molecule has 4 aromatic rings. The molecule has 1 fully saturated rings. The van der Waals surface area contributed by atoms with Crippen LogP contribution in [0.1, 0.15) is 15.9 Å². The Morgan fingerprint density at radius 3 is 2.54 bits per heavy atom. The van der Waals surface area contributed by atoms with E-state index in [9.17, 15) is 9.59 Å². The number of amides is 3. The molecule has 3 N–H and O–H groups in total. The highest BCUT2D eigenvalue weighted by Gasteiger charge is 2.17. The van der Waals surface area contributed by atoms with Crippen LogP contribution in [-0.2, 0) is 4.74 Å². The van der Waals surface area contributed by atoms with Crippen molar-refractivity contribution in [2.45, 2.75) is 6.92 Å². The number of aryl methyl sites for hydroxylation is 1. The van der Waals surface area contributed by atoms with Crippen molar-refractivity contribution in [3.63, 3.8) is 0 Å². The molecule has 5 rings (SSSR count). The number of morpholine rings is 1. The number of nitrogens with one attached hydrogen (secondary N) is 3. The van der Waals surface area contributed by atoms with Gasteiger partial charge in [0.15, 0.2) is 0 Å². The standard InChI is InChI=1S/C29H30N6O4/c1-20-6-3-4-9-25(20)33-29(37)32-23-18-30-35(19-23)24-8-5-7-21(16-24)28(36)31-22-10-11-26(27(17-22)38-2)34-12-14-39-15-13-34/h3-11,16-19H,12-15H2,1-2H3,(H,31,36)(H2,32,33,37). The molecule has 3 amide bonds. The van der Waals surface area contributed by atoms with Gasteiger partial charge in [0.05, 0.1) is 49.8 Å². The maximum absolute atomic E-state index is 13.1. The number of methoxy groups -OCH3 is 1. The Hall–Kier alpha value is -4.83. The summed E-state index contributed by atoms with van der Waals surface area (Å²) in [6.07, 6.45) is 3.23. The van der Waals surface area contributed by atoms with Crippen molar-refractivity contribution in [2.75, 3.05) is 54.3 Å². The molecule has 1 aliphatic rings. The Labute approximate surface area is 226 Å². The number of urea groups is 1. The van der Waals surface area contributed by atoms with E-state index in [4.69, 9.17) is 9.47 Å². The minimum Gasteiger partial charge on any atom is -0.495 e. The van der Waals surface area contributed by atoms with Gasteiger partial charge in [-0.2, -0.15) is 5.10 Å². The molecule has 3 aromatic carbocycles. The first-order valence-electron chi connectivity index (χ1n) is 12.6. The molecule has 0 saturated carbocycles. The van der Waals surface area contributed by atoms with Crippen LogP contribution in [0.25, 0.3) is 5.69 Å². The fourth-order valence-corrected chi connectivity index (χ4v) is 4.34. The van der Waals surface area contributed by atoms with Crippen molar-refractivity contribution >= 4 is 34.7 Å². The fraction of sp³-hybridized carbons (Fsp3) is 0.207. The van der Waals surface area contributed by atoms with Crippen molar-refractivity contribution in [1.82, 2.24) is 9.78 Å². The van der Waals surface area contributed by atoms with E-state index in [0.29, 0.717) is 41.6 Å². The van der Waals surface area contributed by atoms with Gasteiger partial charge in [-0.15, -0.1) is 0 Å². The third-order valence-corrected chi connectivity index (χ3v) is 6.40. The summed E-state index contributed by atoms with van der Waals surface area (Å²) < 4.78 is 12.6. The van der Waals surface area contributed by atoms with Crippen LogP contribution >= 0.6 is 0 Å². The highest BCUT2D eigenvalue weighted by molar-refractivity contribution is 6.05. The SMILES string of the molecule is COc1cc(NC(=O)c2cccc(-n3cc(NC(=O)Nc4ccccc4C)cn3)c2)ccc1N1CCOCC1. The molecule has 1 saturated heterocycles. The first-order valence-corrected chi connectivity index (χ1v) is 12.6. The Morgan fingerprint density at radius 1 is 0.923 bits per heavy atom. The summed E-state index contributed by atoms with van der Waals surface area (Å²) in [5, 5.41) is 12.9. The van der Waals surface area contributed by atoms with E-state index < -0.39 is 0 Å². The minimum absolute atomic E-state index is 0.263. The summed E-state index contributed by atoms with van der Waals surface area (Å²) in [4.78, 5) is 27.7. The number of rotatable bonds is 7. The maximum atomic E-state index is 13.1. The summed E-state index contributed by atoms with van der Waals surface area (Å²) in [5.41, 5.74) is 4.95. The molecule has 0 atom stereocenters. The number of ether oxygens (including phenoxy) is 2. The second kappa shape index (κ2) is 11.7. The van der Waals surface area contributed by atoms with Gasteiger partial charge in [-0.05, 0) is 48.9 Å². The van der Waals surface area contributed by atoms with Crippen molar-refractivity contribution < 1.29 is 19.1 Å². The highest BCUT2D eigenvalue weighted by atomic mass is 16.5. The largest absolute Gasteiger partial charge is 0.495 e. The van der Waals surface area contributed by atoms with Gasteiger partial charge in [0.2, 0.25) is 0 Å². The summed E-state index contributed by atoms with van der Waals surface area (Å²) in [6, 6.07) is 19.9. The average Bonchev–Trinajstić information content (AvgIpc) is 3.43. The van der Waals surface area contributed by atoms with Crippen LogP contribution in [0.5, 0.6) is 5.75 Å². The lowest BCUT2D eigenvalue weighted by Gasteiger charge is -2.30. The van der Waals surface area contributed by atoms with Gasteiger partial charge >= 0.3 is 6.03 Å². The molecule has 200 valence electrons. The average molecular weight is 527 g/mol. The number of carbonyl (C=O) groups excluding carboxylic acids is 2. The number of hydrogen-bond acceptors (Lipinski definition) is 6. The van der Waals surface area contributed by atoms with Crippen LogP contribution in [0.4, 0.5) is 27.5 Å². The molecular formula is C29H30N6O4. The first-order chi connectivity index (χ1) is 19.0. The molecule has 0 radical (unpaired) electrons. The van der Waals surface area contributed by atoms with E-state index in [1.807, 2.05) is 55.5 Å². The van der Waals surface area contributed by atoms with Crippen molar-refractivity contribution in [1.29, 1.82) is 0 Å². The predicted octanol–water partition coefficient (Wildman–Crippen LogP) is 4.92. The summed E-state index contributed by atoms with van der Waals surface area (Å²) in [7, 11) is 1.62. The Bertz CT molecular complexity index is 1480. The molecule has 10 nitrogen and oxygen atoms in total. The third-order valence-electron chi connectivity index (χ3n) is 6.40. The molecule has 39 heavy (non-hydrogen) atoms. The first kappa shape index (κ1) is 25.8. The lowest BCUT2D eigenvalue weighted by molar-refractivity contribution is 0.102. The topological polar surface area (TPSA) is 110 Å². The van der Waals surface area contributed by atoms with Gasteiger partial charge in [-0.25, -0.2) is 9.48 Å². The zero-order valence-electron chi connectivity index (χ0n) is 21.8. The number of benzene rings is 3. The highest BCUT2D eigenvalue weighted by Crippen LogP contribution is 2.32. The molecule has 0 unspecified atom stereocenters. The van der Waals surface area contributed by atoms with E-state index >= 15 is 0 Å². The van der Waals surface area contributed by atoms with E-state index in [1.165, 1.54) is 0 Å². The number of para-hydroxylation sites is 1. The fourth-order valence-electron chi connectivity index (χ4n) is 4.34. The minimum atomic E-state index is -0.368. The zero-order chi connectivity index (χ0) is 27.2. The quantitative estimate of drug-likeness (QED) is 0.315. The lowest BCUT2D eigenvalue weighted by Crippen LogP contribution is -2.36. The molecule has 10 heteroatoms. The third kappa shape index (κ3) is 6.19. The van der Waals surface area contributed by atoms with E-state index in [1.54, 1.807) is 42.4 Å². The zero-order valence-corrected chi connectivity index (χ0v) is 21.8. The monoisotopic (exact) mass is 526 g/mol. The summed E-state index contributed by atoms with van der Waals surface area (Å²) in [6.45, 7) is 4.85. The Kier molecular flexibility index (Phi) is 7.74. The van der Waals surface area contributed by atoms with Gasteiger partial charge in [-0.3, -0.25) is 4.79 Å². The van der Waals surface area contributed by atoms with Crippen LogP contribution in [-0.4, -0.2) is 55.1 Å². The van der Waals surface area contributed by atoms with E-state index in [-0.39, 0.29) is 11.9 Å². The number of hydrogen-bond donors (Lipinski definition) is 3. The maximum Gasteiger partial charge on any atom is 0.323 e. The van der Waals surface area contributed by atoms with Crippen LogP contribution in [0, 0.1) is 6.92 Å². The van der Waals surface area contributed by atoms with Crippen molar-refractivity contribution in [3.05, 3.63) is 90.3 Å².